The molecule has 0 aromatic carbocycles. The molecule has 1 unspecified atom stereocenters. The monoisotopic (exact) mass is 305 g/mol. The highest BCUT2D eigenvalue weighted by Crippen LogP contribution is 2.20. The van der Waals surface area contributed by atoms with Gasteiger partial charge < -0.3 is 15.1 Å². The number of hydrogen-bond acceptors (Lipinski definition) is 5. The maximum absolute atomic E-state index is 11.9. The number of likely N-dealkylation sites (tertiary alicyclic amines) is 1. The van der Waals surface area contributed by atoms with Crippen LogP contribution in [-0.2, 0) is 4.79 Å². The van der Waals surface area contributed by atoms with Crippen LogP contribution in [0.1, 0.15) is 30.8 Å². The van der Waals surface area contributed by atoms with Gasteiger partial charge in [0.25, 0.3) is 5.91 Å². The van der Waals surface area contributed by atoms with Crippen LogP contribution in [0.4, 0.5) is 5.82 Å². The summed E-state index contributed by atoms with van der Waals surface area (Å²) in [4.78, 5) is 35.4. The van der Waals surface area contributed by atoms with E-state index in [9.17, 15) is 9.59 Å². The zero-order valence-electron chi connectivity index (χ0n) is 13.5. The quantitative estimate of drug-likeness (QED) is 0.872. The van der Waals surface area contributed by atoms with Gasteiger partial charge in [-0.15, -0.1) is 0 Å². The van der Waals surface area contributed by atoms with Crippen molar-refractivity contribution in [2.24, 2.45) is 5.92 Å². The number of amides is 2. The Bertz CT molecular complexity index is 559. The highest BCUT2D eigenvalue weighted by atomic mass is 16.2. The summed E-state index contributed by atoms with van der Waals surface area (Å²) in [5, 5.41) is 3.18. The average molecular weight is 305 g/mol. The second-order valence-corrected chi connectivity index (χ2v) is 6.08. The molecule has 1 N–H and O–H groups in total. The van der Waals surface area contributed by atoms with Crippen LogP contribution in [0.3, 0.4) is 0 Å². The standard InChI is InChI=1S/C15H23N5O2/c1-10(2)20-9-11(5-14(20)21)6-17-13-8-16-7-12(18-13)15(22)19(3)4/h7-8,10-11H,5-6,9H2,1-4H3,(H,17,18). The van der Waals surface area contributed by atoms with E-state index in [2.05, 4.69) is 15.3 Å². The van der Waals surface area contributed by atoms with E-state index >= 15 is 0 Å². The van der Waals surface area contributed by atoms with Gasteiger partial charge in [-0.1, -0.05) is 0 Å². The predicted molar refractivity (Wildman–Crippen MR) is 83.5 cm³/mol. The number of anilines is 1. The Morgan fingerprint density at radius 3 is 2.77 bits per heavy atom. The zero-order valence-corrected chi connectivity index (χ0v) is 13.5. The summed E-state index contributed by atoms with van der Waals surface area (Å²) in [7, 11) is 3.35. The lowest BCUT2D eigenvalue weighted by atomic mass is 10.1. The third-order valence-corrected chi connectivity index (χ3v) is 3.69. The minimum absolute atomic E-state index is 0.182. The molecule has 0 spiro atoms. The maximum Gasteiger partial charge on any atom is 0.273 e. The molecule has 2 heterocycles. The van der Waals surface area contributed by atoms with Gasteiger partial charge in [-0.25, -0.2) is 4.98 Å². The number of nitrogens with zero attached hydrogens (tertiary/aromatic N) is 4. The molecule has 0 aliphatic carbocycles. The number of nitrogens with one attached hydrogen (secondary N) is 1. The van der Waals surface area contributed by atoms with Crippen molar-refractivity contribution in [1.82, 2.24) is 19.8 Å². The summed E-state index contributed by atoms with van der Waals surface area (Å²) in [6.45, 7) is 5.45. The van der Waals surface area contributed by atoms with Crippen LogP contribution in [0.5, 0.6) is 0 Å². The third kappa shape index (κ3) is 3.72. The normalized spacial score (nSPS) is 18.0. The molecule has 2 rings (SSSR count). The highest BCUT2D eigenvalue weighted by Gasteiger charge is 2.30. The van der Waals surface area contributed by atoms with Crippen LogP contribution in [-0.4, -0.2) is 64.8 Å². The molecular weight excluding hydrogens is 282 g/mol. The summed E-state index contributed by atoms with van der Waals surface area (Å²) in [5.41, 5.74) is 0.307. The van der Waals surface area contributed by atoms with Crippen LogP contribution in [0.2, 0.25) is 0 Å². The molecule has 1 aliphatic heterocycles. The molecular formula is C15H23N5O2. The summed E-state index contributed by atoms with van der Waals surface area (Å²) in [6, 6.07) is 0.235. The summed E-state index contributed by atoms with van der Waals surface area (Å²) < 4.78 is 0. The highest BCUT2D eigenvalue weighted by molar-refractivity contribution is 5.91. The second-order valence-electron chi connectivity index (χ2n) is 6.08. The SMILES string of the molecule is CC(C)N1CC(CNc2cncc(C(=O)N(C)C)n2)CC1=O. The van der Waals surface area contributed by atoms with Crippen LogP contribution < -0.4 is 5.32 Å². The molecule has 7 heteroatoms. The van der Waals surface area contributed by atoms with E-state index in [1.54, 1.807) is 20.3 Å². The van der Waals surface area contributed by atoms with Crippen molar-refractivity contribution in [3.05, 3.63) is 18.1 Å². The fourth-order valence-corrected chi connectivity index (χ4v) is 2.48. The Morgan fingerprint density at radius 1 is 1.45 bits per heavy atom. The number of rotatable bonds is 5. The number of hydrogen-bond donors (Lipinski definition) is 1. The van der Waals surface area contributed by atoms with Gasteiger partial charge >= 0.3 is 0 Å². The topological polar surface area (TPSA) is 78.4 Å². The molecule has 0 bridgehead atoms. The number of carbonyl (C=O) groups is 2. The zero-order chi connectivity index (χ0) is 16.3. The van der Waals surface area contributed by atoms with E-state index in [1.807, 2.05) is 18.7 Å². The molecule has 1 atom stereocenters. The smallest absolute Gasteiger partial charge is 0.273 e. The van der Waals surface area contributed by atoms with E-state index in [0.717, 1.165) is 6.54 Å². The largest absolute Gasteiger partial charge is 0.368 e. The lowest BCUT2D eigenvalue weighted by Crippen LogP contribution is -2.32. The van der Waals surface area contributed by atoms with Crippen molar-refractivity contribution < 1.29 is 9.59 Å². The first kappa shape index (κ1) is 16.2. The van der Waals surface area contributed by atoms with Crippen LogP contribution in [0.15, 0.2) is 12.4 Å². The molecule has 0 radical (unpaired) electrons. The van der Waals surface area contributed by atoms with Crippen molar-refractivity contribution >= 4 is 17.6 Å². The van der Waals surface area contributed by atoms with Gasteiger partial charge in [0.2, 0.25) is 5.91 Å². The molecule has 1 fully saturated rings. The van der Waals surface area contributed by atoms with Crippen molar-refractivity contribution in [2.45, 2.75) is 26.3 Å². The fourth-order valence-electron chi connectivity index (χ4n) is 2.48. The average Bonchev–Trinajstić information content (AvgIpc) is 2.86. The first-order valence-corrected chi connectivity index (χ1v) is 7.45. The van der Waals surface area contributed by atoms with Gasteiger partial charge in [0.15, 0.2) is 0 Å². The van der Waals surface area contributed by atoms with Gasteiger partial charge in [0.1, 0.15) is 11.5 Å². The van der Waals surface area contributed by atoms with Crippen LogP contribution in [0.25, 0.3) is 0 Å². The second kappa shape index (κ2) is 6.72. The summed E-state index contributed by atoms with van der Waals surface area (Å²) >= 11 is 0. The molecule has 2 amide bonds. The molecule has 1 saturated heterocycles. The van der Waals surface area contributed by atoms with E-state index in [1.165, 1.54) is 11.1 Å². The van der Waals surface area contributed by atoms with Crippen molar-refractivity contribution in [3.8, 4) is 0 Å². The Morgan fingerprint density at radius 2 is 2.18 bits per heavy atom. The minimum atomic E-state index is -0.182. The first-order valence-electron chi connectivity index (χ1n) is 7.45. The van der Waals surface area contributed by atoms with Gasteiger partial charge in [-0.05, 0) is 13.8 Å². The van der Waals surface area contributed by atoms with Crippen LogP contribution in [0, 0.1) is 5.92 Å². The molecule has 0 saturated carbocycles. The Labute approximate surface area is 130 Å². The summed E-state index contributed by atoms with van der Waals surface area (Å²) in [5.74, 6) is 0.829. The molecule has 1 aromatic rings. The van der Waals surface area contributed by atoms with E-state index in [-0.39, 0.29) is 23.8 Å². The lowest BCUT2D eigenvalue weighted by molar-refractivity contribution is -0.129. The minimum Gasteiger partial charge on any atom is -0.368 e. The maximum atomic E-state index is 11.9. The molecule has 7 nitrogen and oxygen atoms in total. The lowest BCUT2D eigenvalue weighted by Gasteiger charge is -2.21. The Hall–Kier alpha value is -2.18. The number of aromatic nitrogens is 2. The summed E-state index contributed by atoms with van der Waals surface area (Å²) in [6.07, 6.45) is 3.59. The van der Waals surface area contributed by atoms with Crippen molar-refractivity contribution in [3.63, 3.8) is 0 Å². The van der Waals surface area contributed by atoms with Gasteiger partial charge in [0, 0.05) is 45.6 Å². The fraction of sp³-hybridized carbons (Fsp3) is 0.600. The first-order chi connectivity index (χ1) is 10.4. The number of carbonyl (C=O) groups excluding carboxylic acids is 2. The van der Waals surface area contributed by atoms with Gasteiger partial charge in [-0.2, -0.15) is 0 Å². The molecule has 1 aromatic heterocycles. The molecule has 120 valence electrons. The van der Waals surface area contributed by atoms with Crippen molar-refractivity contribution in [2.75, 3.05) is 32.5 Å². The predicted octanol–water partition coefficient (Wildman–Crippen LogP) is 0.847. The van der Waals surface area contributed by atoms with Gasteiger partial charge in [0.05, 0.1) is 12.4 Å². The third-order valence-electron chi connectivity index (χ3n) is 3.69. The van der Waals surface area contributed by atoms with E-state index in [4.69, 9.17) is 0 Å². The van der Waals surface area contributed by atoms with E-state index < -0.39 is 0 Å². The Balaban J connectivity index is 1.94. The van der Waals surface area contributed by atoms with Crippen LogP contribution >= 0.6 is 0 Å². The van der Waals surface area contributed by atoms with Gasteiger partial charge in [-0.3, -0.25) is 14.6 Å². The van der Waals surface area contributed by atoms with E-state index in [0.29, 0.717) is 24.5 Å². The Kier molecular flexibility index (Phi) is 4.95. The van der Waals surface area contributed by atoms with Crippen molar-refractivity contribution in [1.29, 1.82) is 0 Å². The molecule has 22 heavy (non-hydrogen) atoms. The molecule has 1 aliphatic rings.